The van der Waals surface area contributed by atoms with E-state index in [1.54, 1.807) is 0 Å². The second-order valence-corrected chi connectivity index (χ2v) is 5.83. The number of rotatable bonds is 6. The Morgan fingerprint density at radius 3 is 2.65 bits per heavy atom. The number of aliphatic hydroxyl groups is 1. The number of hydrogen-bond donors (Lipinski definition) is 2. The molecule has 1 aliphatic heterocycles. The van der Waals surface area contributed by atoms with E-state index in [4.69, 9.17) is 9.47 Å². The zero-order valence-electron chi connectivity index (χ0n) is 13.4. The Balaban J connectivity index is 1.66. The highest BCUT2D eigenvalue weighted by Crippen LogP contribution is 2.33. The minimum atomic E-state index is 0.0106. The molecule has 0 bridgehead atoms. The molecule has 1 heterocycles. The topological polar surface area (TPSA) is 50.7 Å². The minimum Gasteiger partial charge on any atom is -0.486 e. The van der Waals surface area contributed by atoms with E-state index in [0.29, 0.717) is 19.8 Å². The first-order chi connectivity index (χ1) is 11.3. The van der Waals surface area contributed by atoms with Crippen LogP contribution in [0.1, 0.15) is 16.7 Å². The van der Waals surface area contributed by atoms with Crippen molar-refractivity contribution in [2.45, 2.75) is 25.9 Å². The van der Waals surface area contributed by atoms with E-state index in [1.165, 1.54) is 11.1 Å². The van der Waals surface area contributed by atoms with Crippen molar-refractivity contribution in [3.63, 3.8) is 0 Å². The molecule has 0 amide bonds. The number of aryl methyl sites for hydroxylation is 1. The zero-order chi connectivity index (χ0) is 16.1. The molecular formula is C19H23NO3. The molecule has 2 N–H and O–H groups in total. The predicted molar refractivity (Wildman–Crippen MR) is 90.0 cm³/mol. The monoisotopic (exact) mass is 313 g/mol. The fraction of sp³-hybridized carbons (Fsp3) is 0.368. The van der Waals surface area contributed by atoms with Crippen molar-refractivity contribution in [3.8, 4) is 11.5 Å². The van der Waals surface area contributed by atoms with Crippen LogP contribution in [0.3, 0.4) is 0 Å². The van der Waals surface area contributed by atoms with Gasteiger partial charge >= 0.3 is 0 Å². The van der Waals surface area contributed by atoms with Crippen molar-refractivity contribution < 1.29 is 14.6 Å². The molecule has 1 unspecified atom stereocenters. The van der Waals surface area contributed by atoms with Crippen LogP contribution in [-0.4, -0.2) is 31.0 Å². The van der Waals surface area contributed by atoms with Crippen molar-refractivity contribution in [1.29, 1.82) is 0 Å². The van der Waals surface area contributed by atoms with Crippen LogP contribution in [0.15, 0.2) is 42.5 Å². The number of hydrogen-bond acceptors (Lipinski definition) is 4. The molecule has 3 rings (SSSR count). The minimum absolute atomic E-state index is 0.0106. The van der Waals surface area contributed by atoms with Crippen molar-refractivity contribution >= 4 is 0 Å². The van der Waals surface area contributed by atoms with Crippen molar-refractivity contribution in [3.05, 3.63) is 59.2 Å². The van der Waals surface area contributed by atoms with Gasteiger partial charge in [0, 0.05) is 18.2 Å². The molecule has 4 nitrogen and oxygen atoms in total. The Morgan fingerprint density at radius 1 is 1.04 bits per heavy atom. The summed E-state index contributed by atoms with van der Waals surface area (Å²) in [5.74, 6) is 1.62. The van der Waals surface area contributed by atoms with Gasteiger partial charge < -0.3 is 19.9 Å². The van der Waals surface area contributed by atoms with E-state index in [-0.39, 0.29) is 12.6 Å². The van der Waals surface area contributed by atoms with E-state index in [1.807, 2.05) is 30.3 Å². The molecule has 0 saturated carbocycles. The van der Waals surface area contributed by atoms with Crippen molar-refractivity contribution in [2.24, 2.45) is 0 Å². The Hall–Kier alpha value is -2.04. The van der Waals surface area contributed by atoms with Crippen LogP contribution in [0.25, 0.3) is 0 Å². The lowest BCUT2D eigenvalue weighted by Gasteiger charge is -2.23. The Bertz CT molecular complexity index is 657. The third-order valence-corrected chi connectivity index (χ3v) is 4.18. The number of nitrogens with one attached hydrogen (secondary N) is 1. The average molecular weight is 313 g/mol. The zero-order valence-corrected chi connectivity index (χ0v) is 13.4. The smallest absolute Gasteiger partial charge is 0.165 e. The Morgan fingerprint density at radius 2 is 1.83 bits per heavy atom. The van der Waals surface area contributed by atoms with Gasteiger partial charge in [0.2, 0.25) is 0 Å². The normalized spacial score (nSPS) is 14.5. The van der Waals surface area contributed by atoms with E-state index in [2.05, 4.69) is 24.4 Å². The molecule has 0 saturated heterocycles. The van der Waals surface area contributed by atoms with Crippen LogP contribution in [0.4, 0.5) is 0 Å². The molecule has 1 atom stereocenters. The highest BCUT2D eigenvalue weighted by molar-refractivity contribution is 5.47. The van der Waals surface area contributed by atoms with Crippen LogP contribution in [0.2, 0.25) is 0 Å². The molecule has 0 aromatic heterocycles. The largest absolute Gasteiger partial charge is 0.486 e. The van der Waals surface area contributed by atoms with Gasteiger partial charge in [0.05, 0.1) is 6.61 Å². The van der Waals surface area contributed by atoms with Gasteiger partial charge in [0.25, 0.3) is 0 Å². The van der Waals surface area contributed by atoms with Gasteiger partial charge in [-0.2, -0.15) is 0 Å². The van der Waals surface area contributed by atoms with Crippen LogP contribution in [-0.2, 0) is 13.0 Å². The van der Waals surface area contributed by atoms with Gasteiger partial charge in [-0.05, 0) is 30.5 Å². The molecule has 1 aliphatic rings. The molecule has 2 aromatic carbocycles. The average Bonchev–Trinajstić information content (AvgIpc) is 2.60. The SMILES string of the molecule is Cc1ccccc1CC(CO)NCc1cccc2c1OCCO2. The summed E-state index contributed by atoms with van der Waals surface area (Å²) in [6, 6.07) is 14.2. The number of benzene rings is 2. The maximum Gasteiger partial charge on any atom is 0.165 e. The predicted octanol–water partition coefficient (Wildman–Crippen LogP) is 2.46. The summed E-state index contributed by atoms with van der Waals surface area (Å²) >= 11 is 0. The second-order valence-electron chi connectivity index (χ2n) is 5.83. The van der Waals surface area contributed by atoms with Crippen LogP contribution >= 0.6 is 0 Å². The summed E-state index contributed by atoms with van der Waals surface area (Å²) in [7, 11) is 0. The number of ether oxygens (including phenoxy) is 2. The summed E-state index contributed by atoms with van der Waals surface area (Å²) in [6.07, 6.45) is 0.801. The molecule has 0 aliphatic carbocycles. The molecule has 0 fully saturated rings. The maximum atomic E-state index is 9.68. The fourth-order valence-corrected chi connectivity index (χ4v) is 2.83. The van der Waals surface area contributed by atoms with Gasteiger partial charge in [-0.1, -0.05) is 36.4 Å². The fourth-order valence-electron chi connectivity index (χ4n) is 2.83. The highest BCUT2D eigenvalue weighted by Gasteiger charge is 2.16. The maximum absolute atomic E-state index is 9.68. The molecule has 0 radical (unpaired) electrons. The second kappa shape index (κ2) is 7.49. The summed E-state index contributed by atoms with van der Waals surface area (Å²) < 4.78 is 11.3. The number of fused-ring (bicyclic) bond motifs is 1. The quantitative estimate of drug-likeness (QED) is 0.860. The van der Waals surface area contributed by atoms with Crippen LogP contribution < -0.4 is 14.8 Å². The lowest BCUT2D eigenvalue weighted by molar-refractivity contribution is 0.169. The summed E-state index contributed by atoms with van der Waals surface area (Å²) in [5, 5.41) is 13.1. The molecule has 0 spiro atoms. The summed E-state index contributed by atoms with van der Waals surface area (Å²) in [5.41, 5.74) is 3.57. The number of para-hydroxylation sites is 1. The first kappa shape index (κ1) is 15.8. The van der Waals surface area contributed by atoms with Gasteiger partial charge in [-0.3, -0.25) is 0 Å². The van der Waals surface area contributed by atoms with Crippen LogP contribution in [0, 0.1) is 6.92 Å². The standard InChI is InChI=1S/C19H23NO3/c1-14-5-2-3-6-15(14)11-17(13-21)20-12-16-7-4-8-18-19(16)23-10-9-22-18/h2-8,17,20-21H,9-13H2,1H3. The van der Waals surface area contributed by atoms with Gasteiger partial charge in [-0.25, -0.2) is 0 Å². The van der Waals surface area contributed by atoms with Gasteiger partial charge in [-0.15, -0.1) is 0 Å². The highest BCUT2D eigenvalue weighted by atomic mass is 16.6. The van der Waals surface area contributed by atoms with E-state index >= 15 is 0 Å². The molecule has 4 heteroatoms. The third-order valence-electron chi connectivity index (χ3n) is 4.18. The van der Waals surface area contributed by atoms with E-state index < -0.39 is 0 Å². The lowest BCUT2D eigenvalue weighted by atomic mass is 10.0. The third kappa shape index (κ3) is 3.84. The van der Waals surface area contributed by atoms with Crippen molar-refractivity contribution in [1.82, 2.24) is 5.32 Å². The molecular weight excluding hydrogens is 290 g/mol. The summed E-state index contributed by atoms with van der Waals surface area (Å²) in [4.78, 5) is 0. The van der Waals surface area contributed by atoms with E-state index in [9.17, 15) is 5.11 Å². The number of aliphatic hydroxyl groups excluding tert-OH is 1. The first-order valence-electron chi connectivity index (χ1n) is 8.04. The molecule has 122 valence electrons. The summed E-state index contributed by atoms with van der Waals surface area (Å²) in [6.45, 7) is 4.01. The first-order valence-corrected chi connectivity index (χ1v) is 8.04. The van der Waals surface area contributed by atoms with Gasteiger partial charge in [0.15, 0.2) is 11.5 Å². The Kier molecular flexibility index (Phi) is 5.16. The van der Waals surface area contributed by atoms with Crippen molar-refractivity contribution in [2.75, 3.05) is 19.8 Å². The molecule has 2 aromatic rings. The Labute approximate surface area is 137 Å². The molecule has 23 heavy (non-hydrogen) atoms. The van der Waals surface area contributed by atoms with E-state index in [0.717, 1.165) is 23.5 Å². The van der Waals surface area contributed by atoms with Crippen LogP contribution in [0.5, 0.6) is 11.5 Å². The van der Waals surface area contributed by atoms with Gasteiger partial charge in [0.1, 0.15) is 13.2 Å². The lowest BCUT2D eigenvalue weighted by Crippen LogP contribution is -2.34.